The maximum Gasteiger partial charge on any atom is 0.329 e. The zero-order valence-electron chi connectivity index (χ0n) is 7.18. The van der Waals surface area contributed by atoms with Gasteiger partial charge in [-0.3, -0.25) is 20.4 Å². The minimum absolute atomic E-state index is 0.215. The van der Waals surface area contributed by atoms with E-state index in [0.717, 1.165) is 11.2 Å². The molecule has 0 aromatic carbocycles. The highest BCUT2D eigenvalue weighted by Gasteiger charge is 2.51. The van der Waals surface area contributed by atoms with Crippen molar-refractivity contribution < 1.29 is 14.7 Å². The van der Waals surface area contributed by atoms with Gasteiger partial charge in [0.25, 0.3) is 11.6 Å². The van der Waals surface area contributed by atoms with Crippen molar-refractivity contribution in [3.8, 4) is 0 Å². The SMILES string of the molecule is CN1C(=O)NC2=NNC=N[C@@]2(O)C1=O. The zero-order chi connectivity index (χ0) is 10.3. The van der Waals surface area contributed by atoms with Gasteiger partial charge in [-0.25, -0.2) is 9.79 Å². The summed E-state index contributed by atoms with van der Waals surface area (Å²) < 4.78 is 0. The fourth-order valence-corrected chi connectivity index (χ4v) is 1.14. The number of urea groups is 1. The highest BCUT2D eigenvalue weighted by molar-refractivity contribution is 6.23. The molecule has 1 fully saturated rings. The summed E-state index contributed by atoms with van der Waals surface area (Å²) in [4.78, 5) is 26.9. The first-order chi connectivity index (χ1) is 6.55. The molecule has 0 spiro atoms. The molecule has 0 aromatic heterocycles. The molecule has 0 radical (unpaired) electrons. The lowest BCUT2D eigenvalue weighted by molar-refractivity contribution is -0.141. The molecule has 2 aliphatic heterocycles. The van der Waals surface area contributed by atoms with E-state index in [4.69, 9.17) is 0 Å². The van der Waals surface area contributed by atoms with Crippen LogP contribution in [-0.4, -0.2) is 46.9 Å². The fourth-order valence-electron chi connectivity index (χ4n) is 1.14. The number of fused-ring (bicyclic) bond motifs is 1. The van der Waals surface area contributed by atoms with Crippen LogP contribution in [0.1, 0.15) is 0 Å². The molecule has 3 N–H and O–H groups in total. The van der Waals surface area contributed by atoms with Crippen molar-refractivity contribution in [1.82, 2.24) is 15.6 Å². The molecule has 0 saturated carbocycles. The Morgan fingerprint density at radius 3 is 3.00 bits per heavy atom. The Labute approximate surface area is 78.3 Å². The lowest BCUT2D eigenvalue weighted by Crippen LogP contribution is -2.67. The van der Waals surface area contributed by atoms with Gasteiger partial charge in [0.05, 0.1) is 0 Å². The van der Waals surface area contributed by atoms with Crippen LogP contribution in [0.5, 0.6) is 0 Å². The fraction of sp³-hybridized carbons (Fsp3) is 0.333. The normalized spacial score (nSPS) is 30.4. The summed E-state index contributed by atoms with van der Waals surface area (Å²) in [6.45, 7) is 0. The molecule has 74 valence electrons. The number of hydrogen-bond acceptors (Lipinski definition) is 6. The third-order valence-electron chi connectivity index (χ3n) is 1.95. The predicted molar refractivity (Wildman–Crippen MR) is 45.3 cm³/mol. The predicted octanol–water partition coefficient (Wildman–Crippen LogP) is -2.20. The van der Waals surface area contributed by atoms with Gasteiger partial charge >= 0.3 is 6.03 Å². The number of imide groups is 1. The Hall–Kier alpha value is -1.96. The van der Waals surface area contributed by atoms with Crippen molar-refractivity contribution in [2.75, 3.05) is 7.05 Å². The highest BCUT2D eigenvalue weighted by Crippen LogP contribution is 2.17. The van der Waals surface area contributed by atoms with Crippen LogP contribution >= 0.6 is 0 Å². The quantitative estimate of drug-likeness (QED) is 0.409. The van der Waals surface area contributed by atoms with Gasteiger partial charge in [-0.15, -0.1) is 0 Å². The Bertz CT molecular complexity index is 376. The lowest BCUT2D eigenvalue weighted by atomic mass is 10.1. The number of carbonyl (C=O) groups excluding carboxylic acids is 2. The number of carbonyl (C=O) groups is 2. The van der Waals surface area contributed by atoms with E-state index in [1.165, 1.54) is 7.05 Å². The number of nitrogens with zero attached hydrogens (tertiary/aromatic N) is 3. The van der Waals surface area contributed by atoms with E-state index >= 15 is 0 Å². The Balaban J connectivity index is 2.46. The summed E-state index contributed by atoms with van der Waals surface area (Å²) in [6, 6.07) is -0.655. The van der Waals surface area contributed by atoms with Crippen LogP contribution in [0, 0.1) is 0 Å². The van der Waals surface area contributed by atoms with Crippen LogP contribution in [0.15, 0.2) is 10.1 Å². The van der Waals surface area contributed by atoms with E-state index < -0.39 is 17.7 Å². The summed E-state index contributed by atoms with van der Waals surface area (Å²) >= 11 is 0. The molecule has 8 nitrogen and oxygen atoms in total. The van der Waals surface area contributed by atoms with Crippen LogP contribution in [-0.2, 0) is 4.79 Å². The third-order valence-corrected chi connectivity index (χ3v) is 1.95. The van der Waals surface area contributed by atoms with Crippen molar-refractivity contribution in [2.24, 2.45) is 10.1 Å². The molecular formula is C6H7N5O3. The summed E-state index contributed by atoms with van der Waals surface area (Å²) in [5.74, 6) is -1.05. The molecule has 0 unspecified atom stereocenters. The van der Waals surface area contributed by atoms with Crippen LogP contribution in [0.3, 0.4) is 0 Å². The molecule has 2 heterocycles. The Kier molecular flexibility index (Phi) is 1.55. The maximum atomic E-state index is 11.5. The molecule has 0 aromatic rings. The summed E-state index contributed by atoms with van der Waals surface area (Å²) in [5, 5.41) is 15.5. The Morgan fingerprint density at radius 1 is 1.57 bits per heavy atom. The number of aliphatic hydroxyl groups is 1. The Morgan fingerprint density at radius 2 is 2.29 bits per heavy atom. The van der Waals surface area contributed by atoms with Crippen molar-refractivity contribution in [3.63, 3.8) is 0 Å². The second kappa shape index (κ2) is 2.51. The van der Waals surface area contributed by atoms with Crippen LogP contribution in [0.4, 0.5) is 4.79 Å². The van der Waals surface area contributed by atoms with Crippen molar-refractivity contribution in [3.05, 3.63) is 0 Å². The third kappa shape index (κ3) is 0.909. The van der Waals surface area contributed by atoms with Gasteiger partial charge in [-0.05, 0) is 0 Å². The van der Waals surface area contributed by atoms with Gasteiger partial charge < -0.3 is 5.11 Å². The number of amidine groups is 1. The van der Waals surface area contributed by atoms with E-state index in [1.54, 1.807) is 0 Å². The van der Waals surface area contributed by atoms with Crippen molar-refractivity contribution in [1.29, 1.82) is 0 Å². The van der Waals surface area contributed by atoms with E-state index in [9.17, 15) is 14.7 Å². The largest absolute Gasteiger partial charge is 0.356 e. The number of rotatable bonds is 0. The minimum atomic E-state index is -2.10. The first kappa shape index (κ1) is 8.63. The van der Waals surface area contributed by atoms with E-state index in [-0.39, 0.29) is 5.84 Å². The standard InChI is InChI=1S/C6H7N5O3/c1-11-4(12)6(14)3(9-5(11)13)10-8-2-7-6/h2,14H,1H3,(H,7,8)(H,9,10,13)/t6-/m0/s1. The van der Waals surface area contributed by atoms with Gasteiger partial charge in [0.2, 0.25) is 0 Å². The second-order valence-electron chi connectivity index (χ2n) is 2.81. The first-order valence-electron chi connectivity index (χ1n) is 3.74. The van der Waals surface area contributed by atoms with Crippen LogP contribution in [0.25, 0.3) is 0 Å². The highest BCUT2D eigenvalue weighted by atomic mass is 16.3. The van der Waals surface area contributed by atoms with E-state index in [2.05, 4.69) is 20.8 Å². The number of aliphatic imine (C=N–C) groups is 1. The zero-order valence-corrected chi connectivity index (χ0v) is 7.18. The van der Waals surface area contributed by atoms with E-state index in [1.807, 2.05) is 0 Å². The molecule has 0 aliphatic carbocycles. The molecule has 14 heavy (non-hydrogen) atoms. The van der Waals surface area contributed by atoms with E-state index in [0.29, 0.717) is 0 Å². The first-order valence-corrected chi connectivity index (χ1v) is 3.74. The van der Waals surface area contributed by atoms with Gasteiger partial charge in [0.1, 0.15) is 6.34 Å². The molecule has 2 rings (SSSR count). The average molecular weight is 197 g/mol. The lowest BCUT2D eigenvalue weighted by Gasteiger charge is -2.34. The van der Waals surface area contributed by atoms with Crippen LogP contribution in [0.2, 0.25) is 0 Å². The van der Waals surface area contributed by atoms with Crippen molar-refractivity contribution in [2.45, 2.75) is 5.72 Å². The summed E-state index contributed by atoms with van der Waals surface area (Å²) in [7, 11) is 1.24. The second-order valence-corrected chi connectivity index (χ2v) is 2.81. The molecule has 0 bridgehead atoms. The molecule has 2 aliphatic rings. The number of likely N-dealkylation sites (N-methyl/N-ethyl adjacent to an activating group) is 1. The molecule has 3 amide bonds. The minimum Gasteiger partial charge on any atom is -0.356 e. The molecule has 8 heteroatoms. The van der Waals surface area contributed by atoms with Crippen LogP contribution < -0.4 is 10.7 Å². The average Bonchev–Trinajstić information content (AvgIpc) is 2.17. The van der Waals surface area contributed by atoms with Crippen molar-refractivity contribution >= 4 is 24.1 Å². The number of nitrogens with one attached hydrogen (secondary N) is 2. The maximum absolute atomic E-state index is 11.5. The smallest absolute Gasteiger partial charge is 0.329 e. The van der Waals surface area contributed by atoms with Gasteiger partial charge in [-0.2, -0.15) is 5.10 Å². The van der Waals surface area contributed by atoms with Gasteiger partial charge in [-0.1, -0.05) is 0 Å². The summed E-state index contributed by atoms with van der Waals surface area (Å²) in [6.07, 6.45) is 1.08. The monoisotopic (exact) mass is 197 g/mol. The molecular weight excluding hydrogens is 190 g/mol. The summed E-state index contributed by atoms with van der Waals surface area (Å²) in [5.41, 5.74) is 0.213. The van der Waals surface area contributed by atoms with Gasteiger partial charge in [0, 0.05) is 7.05 Å². The number of amides is 3. The number of hydrazone groups is 1. The number of hydrogen-bond donors (Lipinski definition) is 3. The topological polar surface area (TPSA) is 106 Å². The van der Waals surface area contributed by atoms with Gasteiger partial charge in [0.15, 0.2) is 5.84 Å². The molecule has 1 saturated heterocycles. The molecule has 1 atom stereocenters.